The molecule has 0 unspecified atom stereocenters. The van der Waals surface area contributed by atoms with Gasteiger partial charge in [-0.2, -0.15) is 0 Å². The minimum Gasteiger partial charge on any atom is -0.355 e. The molecule has 0 aromatic heterocycles. The molecule has 3 nitrogen and oxygen atoms in total. The largest absolute Gasteiger partial charge is 0.355 e. The maximum atomic E-state index is 6.52. The molecule has 1 fully saturated rings. The van der Waals surface area contributed by atoms with Gasteiger partial charge in [-0.1, -0.05) is 54.6 Å². The smallest absolute Gasteiger partial charge is 0.162 e. The molecule has 0 amide bonds. The molecule has 2 aromatic carbocycles. The first kappa shape index (κ1) is 17.7. The second kappa shape index (κ2) is 7.91. The molecule has 26 heavy (non-hydrogen) atoms. The van der Waals surface area contributed by atoms with Crippen LogP contribution in [-0.2, 0) is 27.9 Å². The van der Waals surface area contributed by atoms with Crippen LogP contribution in [0, 0.1) is 0 Å². The number of benzene rings is 2. The molecular formula is C23H29NO2. The summed E-state index contributed by atoms with van der Waals surface area (Å²) in [5.74, 6) is 0. The summed E-state index contributed by atoms with van der Waals surface area (Å²) in [4.78, 5) is 2.58. The SMILES string of the molecule is CO[C@H]1Cc2ccccc2[C@@]2(CCCN(CCCc3ccccc3)C2)O1. The topological polar surface area (TPSA) is 21.7 Å². The molecule has 138 valence electrons. The van der Waals surface area contributed by atoms with Gasteiger partial charge >= 0.3 is 0 Å². The predicted molar refractivity (Wildman–Crippen MR) is 104 cm³/mol. The molecule has 0 aliphatic carbocycles. The number of ether oxygens (including phenoxy) is 2. The second-order valence-electron chi connectivity index (χ2n) is 7.61. The molecule has 1 spiro atoms. The van der Waals surface area contributed by atoms with E-state index in [9.17, 15) is 0 Å². The Kier molecular flexibility index (Phi) is 5.39. The van der Waals surface area contributed by atoms with Gasteiger partial charge < -0.3 is 14.4 Å². The van der Waals surface area contributed by atoms with Crippen molar-refractivity contribution in [2.45, 2.75) is 44.0 Å². The summed E-state index contributed by atoms with van der Waals surface area (Å²) < 4.78 is 12.1. The summed E-state index contributed by atoms with van der Waals surface area (Å²) in [5.41, 5.74) is 3.98. The Balaban J connectivity index is 1.45. The van der Waals surface area contributed by atoms with Crippen LogP contribution in [0.5, 0.6) is 0 Å². The monoisotopic (exact) mass is 351 g/mol. The molecule has 2 aliphatic heterocycles. The minimum absolute atomic E-state index is 0.130. The third-order valence-electron chi connectivity index (χ3n) is 5.83. The van der Waals surface area contributed by atoms with E-state index in [-0.39, 0.29) is 11.9 Å². The van der Waals surface area contributed by atoms with Gasteiger partial charge in [-0.15, -0.1) is 0 Å². The Morgan fingerprint density at radius 3 is 2.77 bits per heavy atom. The Morgan fingerprint density at radius 1 is 1.12 bits per heavy atom. The Morgan fingerprint density at radius 2 is 1.92 bits per heavy atom. The summed E-state index contributed by atoms with van der Waals surface area (Å²) in [6.07, 6.45) is 5.31. The highest BCUT2D eigenvalue weighted by Crippen LogP contribution is 2.42. The predicted octanol–water partition coefficient (Wildman–Crippen LogP) is 4.16. The molecule has 0 radical (unpaired) electrons. The van der Waals surface area contributed by atoms with E-state index in [0.29, 0.717) is 0 Å². The summed E-state index contributed by atoms with van der Waals surface area (Å²) in [6, 6.07) is 19.6. The van der Waals surface area contributed by atoms with E-state index in [1.54, 1.807) is 7.11 Å². The van der Waals surface area contributed by atoms with Crippen LogP contribution in [-0.4, -0.2) is 37.9 Å². The zero-order chi connectivity index (χ0) is 17.8. The molecular weight excluding hydrogens is 322 g/mol. The van der Waals surface area contributed by atoms with Gasteiger partial charge in [0.2, 0.25) is 0 Å². The van der Waals surface area contributed by atoms with Gasteiger partial charge in [-0.05, 0) is 55.5 Å². The lowest BCUT2D eigenvalue weighted by molar-refractivity contribution is -0.228. The van der Waals surface area contributed by atoms with Crippen molar-refractivity contribution in [2.24, 2.45) is 0 Å². The van der Waals surface area contributed by atoms with Crippen LogP contribution < -0.4 is 0 Å². The number of piperidine rings is 1. The molecule has 2 atom stereocenters. The van der Waals surface area contributed by atoms with E-state index in [2.05, 4.69) is 59.5 Å². The zero-order valence-corrected chi connectivity index (χ0v) is 15.7. The lowest BCUT2D eigenvalue weighted by Gasteiger charge is -2.48. The first-order valence-electron chi connectivity index (χ1n) is 9.84. The normalized spacial score (nSPS) is 26.0. The average molecular weight is 351 g/mol. The first-order valence-corrected chi connectivity index (χ1v) is 9.84. The van der Waals surface area contributed by atoms with Crippen molar-refractivity contribution < 1.29 is 9.47 Å². The van der Waals surface area contributed by atoms with E-state index < -0.39 is 0 Å². The standard InChI is InChI=1S/C23H29NO2/c1-25-22-17-20-12-5-6-13-21(20)23(26-22)14-8-16-24(18-23)15-7-11-19-9-3-2-4-10-19/h2-6,9-10,12-13,22H,7-8,11,14-18H2,1H3/t22-,23+/m1/s1. The summed E-state index contributed by atoms with van der Waals surface area (Å²) >= 11 is 0. The first-order chi connectivity index (χ1) is 12.8. The van der Waals surface area contributed by atoms with Crippen LogP contribution in [0.1, 0.15) is 36.0 Å². The van der Waals surface area contributed by atoms with Gasteiger partial charge in [0.05, 0.1) is 0 Å². The molecule has 2 aliphatic rings. The summed E-state index contributed by atoms with van der Waals surface area (Å²) in [6.45, 7) is 3.26. The van der Waals surface area contributed by atoms with Crippen molar-refractivity contribution >= 4 is 0 Å². The van der Waals surface area contributed by atoms with Crippen molar-refractivity contribution in [3.05, 3.63) is 71.3 Å². The number of methoxy groups -OCH3 is 1. The minimum atomic E-state index is -0.208. The zero-order valence-electron chi connectivity index (χ0n) is 15.7. The van der Waals surface area contributed by atoms with Crippen LogP contribution >= 0.6 is 0 Å². The van der Waals surface area contributed by atoms with Crippen molar-refractivity contribution in [1.29, 1.82) is 0 Å². The van der Waals surface area contributed by atoms with Gasteiger partial charge in [-0.3, -0.25) is 0 Å². The van der Waals surface area contributed by atoms with E-state index in [1.807, 2.05) is 0 Å². The highest BCUT2D eigenvalue weighted by Gasteiger charge is 2.44. The fourth-order valence-corrected chi connectivity index (χ4v) is 4.58. The Hall–Kier alpha value is -1.68. The van der Waals surface area contributed by atoms with Gasteiger partial charge in [0.25, 0.3) is 0 Å². The molecule has 2 heterocycles. The lowest BCUT2D eigenvalue weighted by atomic mass is 9.80. The molecule has 0 bridgehead atoms. The van der Waals surface area contributed by atoms with Crippen molar-refractivity contribution in [3.63, 3.8) is 0 Å². The molecule has 0 saturated carbocycles. The van der Waals surface area contributed by atoms with Gasteiger partial charge in [-0.25, -0.2) is 0 Å². The van der Waals surface area contributed by atoms with Crippen LogP contribution in [0.4, 0.5) is 0 Å². The fourth-order valence-electron chi connectivity index (χ4n) is 4.58. The van der Waals surface area contributed by atoms with Crippen LogP contribution in [0.15, 0.2) is 54.6 Å². The quantitative estimate of drug-likeness (QED) is 0.807. The number of rotatable bonds is 5. The van der Waals surface area contributed by atoms with E-state index in [4.69, 9.17) is 9.47 Å². The molecule has 4 rings (SSSR count). The number of likely N-dealkylation sites (tertiary alicyclic amines) is 1. The third kappa shape index (κ3) is 3.71. The van der Waals surface area contributed by atoms with Gasteiger partial charge in [0.1, 0.15) is 5.60 Å². The van der Waals surface area contributed by atoms with Crippen LogP contribution in [0.25, 0.3) is 0 Å². The number of aryl methyl sites for hydroxylation is 1. The Labute approximate surface area is 156 Å². The van der Waals surface area contributed by atoms with Crippen molar-refractivity contribution in [1.82, 2.24) is 4.90 Å². The fraction of sp³-hybridized carbons (Fsp3) is 0.478. The Bertz CT molecular complexity index is 717. The highest BCUT2D eigenvalue weighted by molar-refractivity contribution is 5.35. The maximum absolute atomic E-state index is 6.52. The highest BCUT2D eigenvalue weighted by atomic mass is 16.7. The summed E-state index contributed by atoms with van der Waals surface area (Å²) in [5, 5.41) is 0. The van der Waals surface area contributed by atoms with Crippen LogP contribution in [0.3, 0.4) is 0 Å². The average Bonchev–Trinajstić information content (AvgIpc) is 2.69. The summed E-state index contributed by atoms with van der Waals surface area (Å²) in [7, 11) is 1.76. The van der Waals surface area contributed by atoms with Crippen LogP contribution in [0.2, 0.25) is 0 Å². The van der Waals surface area contributed by atoms with Crippen molar-refractivity contribution in [2.75, 3.05) is 26.7 Å². The molecule has 2 aromatic rings. The van der Waals surface area contributed by atoms with Crippen molar-refractivity contribution in [3.8, 4) is 0 Å². The molecule has 3 heteroatoms. The lowest BCUT2D eigenvalue weighted by Crippen LogP contribution is -2.52. The molecule has 0 N–H and O–H groups in total. The number of fused-ring (bicyclic) bond motifs is 2. The number of hydrogen-bond donors (Lipinski definition) is 0. The van der Waals surface area contributed by atoms with E-state index in [1.165, 1.54) is 36.1 Å². The molecule has 1 saturated heterocycles. The third-order valence-corrected chi connectivity index (χ3v) is 5.83. The maximum Gasteiger partial charge on any atom is 0.162 e. The van der Waals surface area contributed by atoms with E-state index in [0.717, 1.165) is 32.4 Å². The second-order valence-corrected chi connectivity index (χ2v) is 7.61. The number of hydrogen-bond acceptors (Lipinski definition) is 3. The van der Waals surface area contributed by atoms with E-state index >= 15 is 0 Å². The number of nitrogens with zero attached hydrogens (tertiary/aromatic N) is 1. The van der Waals surface area contributed by atoms with Gasteiger partial charge in [0, 0.05) is 20.1 Å². The van der Waals surface area contributed by atoms with Gasteiger partial charge in [0.15, 0.2) is 6.29 Å².